The molecule has 0 amide bonds. The second-order valence-corrected chi connectivity index (χ2v) is 4.64. The maximum atomic E-state index is 4.57. The zero-order chi connectivity index (χ0) is 10.3. The highest BCUT2D eigenvalue weighted by Crippen LogP contribution is 2.27. The molecule has 0 saturated carbocycles. The number of piperazine rings is 1. The summed E-state index contributed by atoms with van der Waals surface area (Å²) in [4.78, 5) is 9.30. The van der Waals surface area contributed by atoms with Gasteiger partial charge in [0.25, 0.3) is 0 Å². The third kappa shape index (κ3) is 1.46. The summed E-state index contributed by atoms with van der Waals surface area (Å²) in [6.45, 7) is 11.7. The molecule has 0 bridgehead atoms. The van der Waals surface area contributed by atoms with Gasteiger partial charge in [0, 0.05) is 13.1 Å². The molecule has 2 aliphatic rings. The minimum atomic E-state index is 0.443. The van der Waals surface area contributed by atoms with Crippen LogP contribution in [0.1, 0.15) is 13.8 Å². The molecule has 0 aliphatic carbocycles. The zero-order valence-electron chi connectivity index (χ0n) is 9.32. The zero-order valence-corrected chi connectivity index (χ0v) is 9.32. The van der Waals surface area contributed by atoms with E-state index in [0.29, 0.717) is 12.0 Å². The summed E-state index contributed by atoms with van der Waals surface area (Å²) in [5.74, 6) is 1.81. The summed E-state index contributed by atoms with van der Waals surface area (Å²) in [5.41, 5.74) is 1.05. The highest BCUT2D eigenvalue weighted by atomic mass is 15.3. The lowest BCUT2D eigenvalue weighted by molar-refractivity contribution is 0.221. The molecule has 1 atom stereocenters. The molecule has 3 nitrogen and oxygen atoms in total. The number of nitrogens with zero attached hydrogens (tertiary/aromatic N) is 3. The molecule has 2 heterocycles. The third-order valence-corrected chi connectivity index (χ3v) is 3.05. The van der Waals surface area contributed by atoms with Gasteiger partial charge in [-0.15, -0.1) is 0 Å². The average molecular weight is 193 g/mol. The number of rotatable bonds is 1. The Kier molecular flexibility index (Phi) is 2.35. The summed E-state index contributed by atoms with van der Waals surface area (Å²) >= 11 is 0. The van der Waals surface area contributed by atoms with Crippen molar-refractivity contribution in [3.8, 4) is 0 Å². The molecule has 0 aromatic carbocycles. The normalized spacial score (nSPS) is 28.3. The summed E-state index contributed by atoms with van der Waals surface area (Å²) in [7, 11) is 2.14. The molecule has 1 fully saturated rings. The molecule has 0 radical (unpaired) electrons. The van der Waals surface area contributed by atoms with Crippen LogP contribution in [-0.4, -0.2) is 48.4 Å². The Morgan fingerprint density at radius 2 is 2.14 bits per heavy atom. The average Bonchev–Trinajstić information content (AvgIpc) is 2.39. The highest BCUT2D eigenvalue weighted by molar-refractivity contribution is 5.88. The summed E-state index contributed by atoms with van der Waals surface area (Å²) in [6, 6.07) is 0.443. The molecular formula is C11H19N3. The first-order valence-electron chi connectivity index (χ1n) is 5.31. The Hall–Kier alpha value is -0.830. The summed E-state index contributed by atoms with van der Waals surface area (Å²) in [5, 5.41) is 0. The van der Waals surface area contributed by atoms with Gasteiger partial charge in [0.2, 0.25) is 0 Å². The fourth-order valence-corrected chi connectivity index (χ4v) is 2.37. The van der Waals surface area contributed by atoms with Crippen LogP contribution in [-0.2, 0) is 0 Å². The van der Waals surface area contributed by atoms with E-state index >= 15 is 0 Å². The van der Waals surface area contributed by atoms with Crippen LogP contribution in [0.5, 0.6) is 0 Å². The Bertz CT molecular complexity index is 280. The second-order valence-electron chi connectivity index (χ2n) is 4.64. The third-order valence-electron chi connectivity index (χ3n) is 3.05. The molecule has 0 aromatic rings. The largest absolute Gasteiger partial charge is 0.349 e. The van der Waals surface area contributed by atoms with Crippen molar-refractivity contribution in [1.82, 2.24) is 9.80 Å². The van der Waals surface area contributed by atoms with Crippen molar-refractivity contribution in [2.45, 2.75) is 19.9 Å². The van der Waals surface area contributed by atoms with E-state index in [1.165, 1.54) is 5.84 Å². The number of hydrogen-bond donors (Lipinski definition) is 0. The van der Waals surface area contributed by atoms with Crippen LogP contribution in [0.15, 0.2) is 17.3 Å². The molecule has 3 heteroatoms. The van der Waals surface area contributed by atoms with E-state index in [-0.39, 0.29) is 0 Å². The van der Waals surface area contributed by atoms with Crippen molar-refractivity contribution < 1.29 is 0 Å². The molecule has 2 rings (SSSR count). The van der Waals surface area contributed by atoms with Crippen molar-refractivity contribution in [3.05, 3.63) is 12.3 Å². The fraction of sp³-hybridized carbons (Fsp3) is 0.727. The Morgan fingerprint density at radius 3 is 2.79 bits per heavy atom. The Labute approximate surface area is 86.1 Å². The van der Waals surface area contributed by atoms with Crippen LogP contribution in [0.2, 0.25) is 0 Å². The standard InChI is InChI=1S/C11H19N3/c1-8(2)11-9(3)12-10-7-13(4)5-6-14(10)11/h8,11H,3,5-7H2,1-2,4H3. The molecule has 2 aliphatic heterocycles. The number of aliphatic imine (C=N–C) groups is 1. The van der Waals surface area contributed by atoms with Gasteiger partial charge in [-0.25, -0.2) is 4.99 Å². The first kappa shape index (κ1) is 9.71. The predicted octanol–water partition coefficient (Wildman–Crippen LogP) is 1.18. The molecule has 1 unspecified atom stereocenters. The molecule has 0 spiro atoms. The van der Waals surface area contributed by atoms with Gasteiger partial charge in [-0.1, -0.05) is 20.4 Å². The number of fused-ring (bicyclic) bond motifs is 1. The maximum Gasteiger partial charge on any atom is 0.119 e. The van der Waals surface area contributed by atoms with Gasteiger partial charge in [-0.2, -0.15) is 0 Å². The van der Waals surface area contributed by atoms with Crippen LogP contribution < -0.4 is 0 Å². The lowest BCUT2D eigenvalue weighted by atomic mass is 10.0. The number of hydrogen-bond acceptors (Lipinski definition) is 3. The molecule has 0 aromatic heterocycles. The van der Waals surface area contributed by atoms with E-state index in [0.717, 1.165) is 25.3 Å². The van der Waals surface area contributed by atoms with Gasteiger partial charge >= 0.3 is 0 Å². The van der Waals surface area contributed by atoms with Crippen LogP contribution in [0.25, 0.3) is 0 Å². The van der Waals surface area contributed by atoms with Gasteiger partial charge in [0.05, 0.1) is 18.3 Å². The Balaban J connectivity index is 2.19. The smallest absolute Gasteiger partial charge is 0.119 e. The van der Waals surface area contributed by atoms with Crippen LogP contribution in [0.4, 0.5) is 0 Å². The van der Waals surface area contributed by atoms with Gasteiger partial charge in [0.1, 0.15) is 5.84 Å². The minimum absolute atomic E-state index is 0.443. The van der Waals surface area contributed by atoms with E-state index in [2.05, 4.69) is 42.3 Å². The molecule has 78 valence electrons. The van der Waals surface area contributed by atoms with E-state index in [9.17, 15) is 0 Å². The van der Waals surface area contributed by atoms with Crippen molar-refractivity contribution in [2.24, 2.45) is 10.9 Å². The first-order chi connectivity index (χ1) is 6.59. The van der Waals surface area contributed by atoms with Gasteiger partial charge < -0.3 is 4.90 Å². The fourth-order valence-electron chi connectivity index (χ4n) is 2.37. The van der Waals surface area contributed by atoms with Crippen LogP contribution in [0, 0.1) is 5.92 Å². The van der Waals surface area contributed by atoms with Crippen LogP contribution >= 0.6 is 0 Å². The van der Waals surface area contributed by atoms with Crippen molar-refractivity contribution in [3.63, 3.8) is 0 Å². The SMILES string of the molecule is C=C1N=C2CN(C)CCN2C1C(C)C. The van der Waals surface area contributed by atoms with E-state index < -0.39 is 0 Å². The predicted molar refractivity (Wildman–Crippen MR) is 59.4 cm³/mol. The molecule has 14 heavy (non-hydrogen) atoms. The number of likely N-dealkylation sites (N-methyl/N-ethyl adjacent to an activating group) is 1. The van der Waals surface area contributed by atoms with Crippen molar-refractivity contribution >= 4 is 5.84 Å². The van der Waals surface area contributed by atoms with E-state index in [4.69, 9.17) is 0 Å². The maximum absolute atomic E-state index is 4.57. The Morgan fingerprint density at radius 1 is 1.43 bits per heavy atom. The summed E-state index contributed by atoms with van der Waals surface area (Å²) < 4.78 is 0. The monoisotopic (exact) mass is 193 g/mol. The van der Waals surface area contributed by atoms with Crippen molar-refractivity contribution in [1.29, 1.82) is 0 Å². The van der Waals surface area contributed by atoms with Gasteiger partial charge in [-0.3, -0.25) is 4.90 Å². The highest BCUT2D eigenvalue weighted by Gasteiger charge is 2.35. The van der Waals surface area contributed by atoms with Crippen molar-refractivity contribution in [2.75, 3.05) is 26.7 Å². The topological polar surface area (TPSA) is 18.8 Å². The quantitative estimate of drug-likeness (QED) is 0.623. The van der Waals surface area contributed by atoms with E-state index in [1.807, 2.05) is 0 Å². The van der Waals surface area contributed by atoms with Gasteiger partial charge in [0.15, 0.2) is 0 Å². The number of amidine groups is 1. The molecular weight excluding hydrogens is 174 g/mol. The minimum Gasteiger partial charge on any atom is -0.349 e. The lowest BCUT2D eigenvalue weighted by Gasteiger charge is -2.37. The second kappa shape index (κ2) is 3.39. The summed E-state index contributed by atoms with van der Waals surface area (Å²) in [6.07, 6.45) is 0. The lowest BCUT2D eigenvalue weighted by Crippen LogP contribution is -2.51. The first-order valence-corrected chi connectivity index (χ1v) is 5.31. The van der Waals surface area contributed by atoms with Gasteiger partial charge in [-0.05, 0) is 13.0 Å². The molecule has 1 saturated heterocycles. The van der Waals surface area contributed by atoms with Crippen LogP contribution in [0.3, 0.4) is 0 Å². The van der Waals surface area contributed by atoms with E-state index in [1.54, 1.807) is 0 Å². The molecule has 0 N–H and O–H groups in total.